The predicted octanol–water partition coefficient (Wildman–Crippen LogP) is 3.50. The largest absolute Gasteiger partial charge is 0.481 e. The maximum Gasteiger partial charge on any atom is 0.306 e. The van der Waals surface area contributed by atoms with Gasteiger partial charge in [0.05, 0.1) is 5.92 Å². The molecule has 1 fully saturated rings. The molecule has 0 radical (unpaired) electrons. The number of aromatic amines is 1. The Morgan fingerprint density at radius 3 is 2.59 bits per heavy atom. The maximum atomic E-state index is 11.0. The van der Waals surface area contributed by atoms with Gasteiger partial charge in [0.25, 0.3) is 0 Å². The third-order valence-electron chi connectivity index (χ3n) is 4.43. The van der Waals surface area contributed by atoms with Gasteiger partial charge in [-0.15, -0.1) is 0 Å². The highest BCUT2D eigenvalue weighted by Crippen LogP contribution is 2.31. The number of aromatic nitrogens is 3. The van der Waals surface area contributed by atoms with Crippen molar-refractivity contribution in [2.24, 2.45) is 11.8 Å². The molecule has 0 amide bonds. The van der Waals surface area contributed by atoms with Gasteiger partial charge in [0.15, 0.2) is 10.6 Å². The molecule has 1 aliphatic carbocycles. The third kappa shape index (κ3) is 3.11. The van der Waals surface area contributed by atoms with Crippen molar-refractivity contribution in [3.05, 3.63) is 35.1 Å². The quantitative estimate of drug-likeness (QED) is 0.847. The fourth-order valence-corrected chi connectivity index (χ4v) is 3.35. The predicted molar refractivity (Wildman–Crippen MR) is 85.9 cm³/mol. The lowest BCUT2D eigenvalue weighted by Gasteiger charge is -2.26. The molecule has 116 valence electrons. The summed E-state index contributed by atoms with van der Waals surface area (Å²) in [6.45, 7) is 0.798. The summed E-state index contributed by atoms with van der Waals surface area (Å²) in [5.41, 5.74) is 1.04. The second-order valence-electron chi connectivity index (χ2n) is 5.88. The minimum atomic E-state index is -0.664. The van der Waals surface area contributed by atoms with Crippen LogP contribution in [0.3, 0.4) is 0 Å². The molecule has 1 saturated carbocycles. The summed E-state index contributed by atoms with van der Waals surface area (Å²) in [6.07, 6.45) is 3.37. The van der Waals surface area contributed by atoms with Gasteiger partial charge in [-0.1, -0.05) is 30.3 Å². The Labute approximate surface area is 134 Å². The van der Waals surface area contributed by atoms with Crippen LogP contribution in [0.25, 0.3) is 11.4 Å². The number of nitrogens with one attached hydrogen (secondary N) is 1. The van der Waals surface area contributed by atoms with E-state index in [9.17, 15) is 4.79 Å². The van der Waals surface area contributed by atoms with Crippen molar-refractivity contribution in [3.8, 4) is 11.4 Å². The maximum absolute atomic E-state index is 11.0. The third-order valence-corrected chi connectivity index (χ3v) is 4.74. The second-order valence-corrected chi connectivity index (χ2v) is 6.27. The van der Waals surface area contributed by atoms with Crippen LogP contribution in [0.15, 0.2) is 30.3 Å². The summed E-state index contributed by atoms with van der Waals surface area (Å²) in [6, 6.07) is 9.97. The van der Waals surface area contributed by atoms with Crippen molar-refractivity contribution < 1.29 is 9.90 Å². The van der Waals surface area contributed by atoms with Crippen LogP contribution >= 0.6 is 12.2 Å². The van der Waals surface area contributed by atoms with E-state index >= 15 is 0 Å². The summed E-state index contributed by atoms with van der Waals surface area (Å²) in [5.74, 6) is 0.471. The fraction of sp³-hybridized carbons (Fsp3) is 0.438. The van der Waals surface area contributed by atoms with Gasteiger partial charge >= 0.3 is 5.97 Å². The first-order valence-corrected chi connectivity index (χ1v) is 7.99. The van der Waals surface area contributed by atoms with Gasteiger partial charge in [-0.3, -0.25) is 14.5 Å². The summed E-state index contributed by atoms with van der Waals surface area (Å²) in [7, 11) is 0. The number of H-pyrrole nitrogens is 1. The lowest BCUT2D eigenvalue weighted by molar-refractivity contribution is -0.143. The Morgan fingerprint density at radius 2 is 1.95 bits per heavy atom. The normalized spacial score (nSPS) is 21.6. The standard InChI is InChI=1S/C16H19N3O2S/c20-15(21)13-8-6-11(7-9-13)10-19-14(17-18-16(19)22)12-4-2-1-3-5-12/h1-5,11,13H,6-10H2,(H,18,22)(H,20,21). The zero-order valence-electron chi connectivity index (χ0n) is 12.2. The van der Waals surface area contributed by atoms with Gasteiger partial charge in [0.2, 0.25) is 0 Å². The number of hydrogen-bond donors (Lipinski definition) is 2. The minimum absolute atomic E-state index is 0.179. The molecule has 6 heteroatoms. The average molecular weight is 317 g/mol. The number of rotatable bonds is 4. The zero-order chi connectivity index (χ0) is 15.5. The summed E-state index contributed by atoms with van der Waals surface area (Å²) >= 11 is 5.36. The van der Waals surface area contributed by atoms with Gasteiger partial charge in [-0.25, -0.2) is 0 Å². The molecule has 2 aromatic rings. The number of nitrogens with zero attached hydrogens (tertiary/aromatic N) is 2. The van der Waals surface area contributed by atoms with Crippen LogP contribution in [-0.4, -0.2) is 25.8 Å². The van der Waals surface area contributed by atoms with E-state index in [1.807, 2.05) is 34.9 Å². The molecule has 0 saturated heterocycles. The van der Waals surface area contributed by atoms with E-state index in [2.05, 4.69) is 10.2 Å². The van der Waals surface area contributed by atoms with Crippen LogP contribution in [0, 0.1) is 16.6 Å². The molecular weight excluding hydrogens is 298 g/mol. The molecule has 1 aromatic heterocycles. The van der Waals surface area contributed by atoms with E-state index < -0.39 is 5.97 Å². The van der Waals surface area contributed by atoms with Gasteiger partial charge < -0.3 is 5.11 Å². The topological polar surface area (TPSA) is 70.9 Å². The smallest absolute Gasteiger partial charge is 0.306 e. The Kier molecular flexibility index (Phi) is 4.38. The molecular formula is C16H19N3O2S. The minimum Gasteiger partial charge on any atom is -0.481 e. The van der Waals surface area contributed by atoms with Gasteiger partial charge in [0, 0.05) is 12.1 Å². The molecule has 0 aliphatic heterocycles. The number of carboxylic acid groups (broad SMARTS) is 1. The highest BCUT2D eigenvalue weighted by molar-refractivity contribution is 7.71. The number of carbonyl (C=O) groups is 1. The van der Waals surface area contributed by atoms with Gasteiger partial charge in [-0.2, -0.15) is 5.10 Å². The monoisotopic (exact) mass is 317 g/mol. The Morgan fingerprint density at radius 1 is 1.27 bits per heavy atom. The van der Waals surface area contributed by atoms with Gasteiger partial charge in [-0.05, 0) is 43.8 Å². The highest BCUT2D eigenvalue weighted by atomic mass is 32.1. The first-order chi connectivity index (χ1) is 10.6. The molecule has 5 nitrogen and oxygen atoms in total. The van der Waals surface area contributed by atoms with E-state index in [0.717, 1.165) is 43.6 Å². The molecule has 0 atom stereocenters. The lowest BCUT2D eigenvalue weighted by atomic mass is 9.82. The first-order valence-electron chi connectivity index (χ1n) is 7.58. The number of benzene rings is 1. The number of aliphatic carboxylic acids is 1. The number of carboxylic acids is 1. The van der Waals surface area contributed by atoms with Crippen molar-refractivity contribution in [3.63, 3.8) is 0 Å². The van der Waals surface area contributed by atoms with E-state index in [1.165, 1.54) is 0 Å². The van der Waals surface area contributed by atoms with E-state index in [1.54, 1.807) is 0 Å². The van der Waals surface area contributed by atoms with Crippen molar-refractivity contribution in [2.45, 2.75) is 32.2 Å². The Balaban J connectivity index is 1.75. The summed E-state index contributed by atoms with van der Waals surface area (Å²) < 4.78 is 2.66. The van der Waals surface area contributed by atoms with E-state index in [-0.39, 0.29) is 5.92 Å². The molecule has 0 bridgehead atoms. The average Bonchev–Trinajstić information content (AvgIpc) is 2.90. The number of hydrogen-bond acceptors (Lipinski definition) is 3. The van der Waals surface area contributed by atoms with E-state index in [0.29, 0.717) is 10.7 Å². The Hall–Kier alpha value is -1.95. The van der Waals surface area contributed by atoms with Crippen molar-refractivity contribution >= 4 is 18.2 Å². The zero-order valence-corrected chi connectivity index (χ0v) is 13.1. The second kappa shape index (κ2) is 6.44. The van der Waals surface area contributed by atoms with Crippen LogP contribution < -0.4 is 0 Å². The lowest BCUT2D eigenvalue weighted by Crippen LogP contribution is -2.24. The molecule has 2 N–H and O–H groups in total. The van der Waals surface area contributed by atoms with Crippen LogP contribution in [0.2, 0.25) is 0 Å². The molecule has 1 aliphatic rings. The van der Waals surface area contributed by atoms with Crippen LogP contribution in [0.4, 0.5) is 0 Å². The van der Waals surface area contributed by atoms with Crippen LogP contribution in [-0.2, 0) is 11.3 Å². The summed E-state index contributed by atoms with van der Waals surface area (Å²) in [5, 5.41) is 16.3. The van der Waals surface area contributed by atoms with Crippen molar-refractivity contribution in [1.29, 1.82) is 0 Å². The SMILES string of the molecule is O=C(O)C1CCC(Cn2c(-c3ccccc3)n[nH]c2=S)CC1. The molecule has 0 unspecified atom stereocenters. The molecule has 1 aromatic carbocycles. The molecule has 22 heavy (non-hydrogen) atoms. The highest BCUT2D eigenvalue weighted by Gasteiger charge is 2.26. The van der Waals surface area contributed by atoms with Crippen molar-refractivity contribution in [1.82, 2.24) is 14.8 Å². The van der Waals surface area contributed by atoms with Crippen molar-refractivity contribution in [2.75, 3.05) is 0 Å². The van der Waals surface area contributed by atoms with Crippen LogP contribution in [0.1, 0.15) is 25.7 Å². The van der Waals surface area contributed by atoms with E-state index in [4.69, 9.17) is 17.3 Å². The molecule has 3 rings (SSSR count). The summed E-state index contributed by atoms with van der Waals surface area (Å²) in [4.78, 5) is 11.0. The molecule has 0 spiro atoms. The molecule has 1 heterocycles. The van der Waals surface area contributed by atoms with Gasteiger partial charge in [0.1, 0.15) is 0 Å². The first kappa shape index (κ1) is 15.0. The fourth-order valence-electron chi connectivity index (χ4n) is 3.14. The Bertz CT molecular complexity index is 700. The van der Waals surface area contributed by atoms with Crippen LogP contribution in [0.5, 0.6) is 0 Å².